The fourth-order valence-corrected chi connectivity index (χ4v) is 3.93. The molecule has 5 heteroatoms. The second kappa shape index (κ2) is 10.6. The van der Waals surface area contributed by atoms with Gasteiger partial charge in [0.25, 0.3) is 0 Å². The van der Waals surface area contributed by atoms with E-state index in [4.69, 9.17) is 4.74 Å². The Hall–Kier alpha value is -3.60. The van der Waals surface area contributed by atoms with Crippen LogP contribution in [0.1, 0.15) is 24.5 Å². The van der Waals surface area contributed by atoms with Gasteiger partial charge < -0.3 is 15.0 Å². The Balaban J connectivity index is 1.32. The molecule has 0 radical (unpaired) electrons. The number of aromatic nitrogens is 1. The van der Waals surface area contributed by atoms with Gasteiger partial charge in [-0.1, -0.05) is 61.0 Å². The molecule has 1 N–H and O–H groups in total. The van der Waals surface area contributed by atoms with Crippen molar-refractivity contribution < 1.29 is 9.53 Å². The molecule has 1 saturated heterocycles. The van der Waals surface area contributed by atoms with Crippen LogP contribution in [0.25, 0.3) is 6.08 Å². The summed E-state index contributed by atoms with van der Waals surface area (Å²) in [6.07, 6.45) is 7.34. The van der Waals surface area contributed by atoms with E-state index in [0.29, 0.717) is 25.6 Å². The lowest BCUT2D eigenvalue weighted by atomic mass is 9.91. The molecule has 5 nitrogen and oxygen atoms in total. The van der Waals surface area contributed by atoms with Crippen LogP contribution in [0.5, 0.6) is 5.75 Å². The number of benzene rings is 2. The van der Waals surface area contributed by atoms with E-state index in [2.05, 4.69) is 59.7 Å². The van der Waals surface area contributed by atoms with Crippen molar-refractivity contribution in [2.75, 3.05) is 25.0 Å². The maximum Gasteiger partial charge on any atom is 0.321 e. The second-order valence-electron chi connectivity index (χ2n) is 8.14. The smallest absolute Gasteiger partial charge is 0.321 e. The summed E-state index contributed by atoms with van der Waals surface area (Å²) in [5.74, 6) is 1.18. The van der Waals surface area contributed by atoms with E-state index in [0.717, 1.165) is 29.8 Å². The van der Waals surface area contributed by atoms with E-state index in [1.165, 1.54) is 11.1 Å². The van der Waals surface area contributed by atoms with Crippen molar-refractivity contribution >= 4 is 17.8 Å². The van der Waals surface area contributed by atoms with Crippen molar-refractivity contribution in [3.63, 3.8) is 0 Å². The molecule has 32 heavy (non-hydrogen) atoms. The maximum absolute atomic E-state index is 12.6. The van der Waals surface area contributed by atoms with Gasteiger partial charge >= 0.3 is 6.03 Å². The van der Waals surface area contributed by atoms with Crippen LogP contribution in [0.15, 0.2) is 84.7 Å². The highest BCUT2D eigenvalue weighted by atomic mass is 16.5. The van der Waals surface area contributed by atoms with Crippen LogP contribution in [0.3, 0.4) is 0 Å². The molecule has 2 heterocycles. The number of anilines is 1. The minimum Gasteiger partial charge on any atom is -0.493 e. The highest BCUT2D eigenvalue weighted by Crippen LogP contribution is 2.26. The molecule has 1 atom stereocenters. The van der Waals surface area contributed by atoms with Gasteiger partial charge in [-0.3, -0.25) is 4.98 Å². The van der Waals surface area contributed by atoms with E-state index in [9.17, 15) is 4.79 Å². The summed E-state index contributed by atoms with van der Waals surface area (Å²) in [5.41, 5.74) is 4.49. The zero-order chi connectivity index (χ0) is 22.2. The highest BCUT2D eigenvalue weighted by Gasteiger charge is 2.24. The maximum atomic E-state index is 12.6. The minimum atomic E-state index is -0.0716. The largest absolute Gasteiger partial charge is 0.493 e. The van der Waals surface area contributed by atoms with Gasteiger partial charge in [0.1, 0.15) is 5.75 Å². The lowest BCUT2D eigenvalue weighted by Gasteiger charge is -2.33. The summed E-state index contributed by atoms with van der Waals surface area (Å²) in [5, 5.41) is 2.92. The number of nitrogens with zero attached hydrogens (tertiary/aromatic N) is 2. The third-order valence-corrected chi connectivity index (χ3v) is 5.71. The number of hydrogen-bond donors (Lipinski definition) is 1. The molecule has 4 rings (SSSR count). The van der Waals surface area contributed by atoms with Gasteiger partial charge in [-0.2, -0.15) is 0 Å². The summed E-state index contributed by atoms with van der Waals surface area (Å²) in [4.78, 5) is 18.5. The lowest BCUT2D eigenvalue weighted by molar-refractivity contribution is 0.198. The number of carbonyl (C=O) groups is 1. The summed E-state index contributed by atoms with van der Waals surface area (Å²) in [6.45, 7) is 4.23. The van der Waals surface area contributed by atoms with Gasteiger partial charge in [-0.05, 0) is 47.7 Å². The monoisotopic (exact) mass is 427 g/mol. The van der Waals surface area contributed by atoms with Gasteiger partial charge in [0.2, 0.25) is 0 Å². The average Bonchev–Trinajstić information content (AvgIpc) is 2.82. The molecule has 2 aromatic carbocycles. The Morgan fingerprint density at radius 1 is 1.16 bits per heavy atom. The van der Waals surface area contributed by atoms with Crippen LogP contribution in [0.2, 0.25) is 0 Å². The quantitative estimate of drug-likeness (QED) is 0.552. The number of nitrogens with one attached hydrogen (secondary N) is 1. The van der Waals surface area contributed by atoms with Crippen molar-refractivity contribution in [1.82, 2.24) is 9.88 Å². The number of carbonyl (C=O) groups excluding carboxylic acids is 1. The lowest BCUT2D eigenvalue weighted by Crippen LogP contribution is -2.42. The molecule has 3 aromatic rings. The predicted octanol–water partition coefficient (Wildman–Crippen LogP) is 5.66. The van der Waals surface area contributed by atoms with Crippen molar-refractivity contribution in [1.29, 1.82) is 0 Å². The van der Waals surface area contributed by atoms with E-state index in [1.54, 1.807) is 12.4 Å². The van der Waals surface area contributed by atoms with Crippen molar-refractivity contribution in [2.45, 2.75) is 19.8 Å². The number of rotatable bonds is 6. The molecule has 0 spiro atoms. The van der Waals surface area contributed by atoms with Crippen LogP contribution in [0, 0.1) is 5.92 Å². The summed E-state index contributed by atoms with van der Waals surface area (Å²) >= 11 is 0. The molecule has 2 amide bonds. The first-order chi connectivity index (χ1) is 15.7. The first-order valence-corrected chi connectivity index (χ1v) is 11.1. The molecule has 0 aliphatic carbocycles. The highest BCUT2D eigenvalue weighted by molar-refractivity contribution is 5.89. The minimum absolute atomic E-state index is 0.0716. The van der Waals surface area contributed by atoms with Crippen LogP contribution < -0.4 is 10.1 Å². The zero-order valence-corrected chi connectivity index (χ0v) is 18.4. The molecule has 1 aliphatic rings. The number of amides is 2. The first kappa shape index (κ1) is 21.6. The van der Waals surface area contributed by atoms with E-state index in [-0.39, 0.29) is 6.03 Å². The summed E-state index contributed by atoms with van der Waals surface area (Å²) in [6, 6.07) is 22.2. The van der Waals surface area contributed by atoms with E-state index < -0.39 is 0 Å². The zero-order valence-electron chi connectivity index (χ0n) is 18.4. The number of hydrogen-bond acceptors (Lipinski definition) is 3. The second-order valence-corrected chi connectivity index (χ2v) is 8.14. The fraction of sp³-hybridized carbons (Fsp3) is 0.259. The molecule has 1 fully saturated rings. The van der Waals surface area contributed by atoms with Crippen molar-refractivity contribution in [2.24, 2.45) is 5.92 Å². The van der Waals surface area contributed by atoms with Gasteiger partial charge in [0.15, 0.2) is 0 Å². The Morgan fingerprint density at radius 3 is 2.81 bits per heavy atom. The van der Waals surface area contributed by atoms with Gasteiger partial charge in [-0.25, -0.2) is 4.79 Å². The Labute approximate surface area is 189 Å². The molecule has 0 bridgehead atoms. The Bertz CT molecular complexity index is 1050. The number of likely N-dealkylation sites (tertiary alicyclic amines) is 1. The van der Waals surface area contributed by atoms with E-state index >= 15 is 0 Å². The van der Waals surface area contributed by atoms with Crippen molar-refractivity contribution in [3.8, 4) is 5.75 Å². The summed E-state index contributed by atoms with van der Waals surface area (Å²) < 4.78 is 5.98. The van der Waals surface area contributed by atoms with Crippen LogP contribution in [-0.4, -0.2) is 35.6 Å². The molecular formula is C27H29N3O2. The van der Waals surface area contributed by atoms with Gasteiger partial charge in [-0.15, -0.1) is 0 Å². The predicted molar refractivity (Wildman–Crippen MR) is 129 cm³/mol. The topological polar surface area (TPSA) is 54.5 Å². The molecule has 1 aromatic heterocycles. The Kier molecular flexibility index (Phi) is 7.18. The number of urea groups is 1. The van der Waals surface area contributed by atoms with Crippen molar-refractivity contribution in [3.05, 3.63) is 95.8 Å². The van der Waals surface area contributed by atoms with Crippen LogP contribution in [-0.2, 0) is 6.42 Å². The SMILES string of the molecule is CC1CN(C(=O)Nc2cccnc2)CCC1=Cc1cccc(OCCc2ccccc2)c1. The van der Waals surface area contributed by atoms with Crippen LogP contribution in [0.4, 0.5) is 10.5 Å². The van der Waals surface area contributed by atoms with Crippen LogP contribution >= 0.6 is 0 Å². The van der Waals surface area contributed by atoms with Gasteiger partial charge in [0, 0.05) is 25.7 Å². The number of piperidine rings is 1. The standard InChI is InChI=1S/C27H29N3O2/c1-21-20-30(27(31)29-25-10-6-14-28-19-25)15-12-24(21)17-23-9-5-11-26(18-23)32-16-13-22-7-3-2-4-8-22/h2-11,14,17-19,21H,12-13,15-16,20H2,1H3,(H,29,31). The molecule has 164 valence electrons. The average molecular weight is 428 g/mol. The Morgan fingerprint density at radius 2 is 2.03 bits per heavy atom. The normalized spacial score (nSPS) is 17.2. The van der Waals surface area contributed by atoms with Gasteiger partial charge in [0.05, 0.1) is 18.5 Å². The number of pyridine rings is 1. The number of ether oxygens (including phenoxy) is 1. The third-order valence-electron chi connectivity index (χ3n) is 5.71. The molecule has 0 saturated carbocycles. The summed E-state index contributed by atoms with van der Waals surface area (Å²) in [7, 11) is 0. The molecule has 1 unspecified atom stereocenters. The first-order valence-electron chi connectivity index (χ1n) is 11.1. The fourth-order valence-electron chi connectivity index (χ4n) is 3.93. The van der Waals surface area contributed by atoms with E-state index in [1.807, 2.05) is 35.2 Å². The molecular weight excluding hydrogens is 398 g/mol. The third kappa shape index (κ3) is 5.97. The molecule has 1 aliphatic heterocycles.